The number of benzene rings is 4. The average molecular weight is 660 g/mol. The third kappa shape index (κ3) is 4.78. The Bertz CT molecular complexity index is 1750. The molecule has 0 unspecified atom stereocenters. The number of hydrogen-bond donors (Lipinski definition) is 0. The second-order valence-corrected chi connectivity index (χ2v) is 8.82. The van der Waals surface area contributed by atoms with Crippen LogP contribution in [0.4, 0.5) is 71.5 Å². The molecule has 0 N–H and O–H groups in total. The average Bonchev–Trinajstić information content (AvgIpc) is 3.01. The Labute approximate surface area is 237 Å². The van der Waals surface area contributed by atoms with Crippen LogP contribution in [0.25, 0.3) is 4.76 Å². The van der Waals surface area contributed by atoms with Crippen molar-refractivity contribution in [1.82, 2.24) is 0 Å². The highest BCUT2D eigenvalue weighted by molar-refractivity contribution is 7.14. The normalized spacial score (nSPS) is 11.4. The van der Waals surface area contributed by atoms with Crippen molar-refractivity contribution >= 4 is 28.4 Å². The summed E-state index contributed by atoms with van der Waals surface area (Å²) >= 11 is 0. The summed E-state index contributed by atoms with van der Waals surface area (Å²) in [6.07, 6.45) is -6.18. The minimum absolute atomic E-state index is 0.568. The number of non-ortho nitro benzene ring substituents is 1. The van der Waals surface area contributed by atoms with Crippen LogP contribution >= 0.6 is 0 Å². The molecule has 0 aliphatic rings. The lowest BCUT2D eigenvalue weighted by Gasteiger charge is -2.29. The van der Waals surface area contributed by atoms with Gasteiger partial charge in [0.25, 0.3) is 5.69 Å². The van der Waals surface area contributed by atoms with Gasteiger partial charge in [0.1, 0.15) is 34.9 Å². The smallest absolute Gasteiger partial charge is 0.329 e. The highest BCUT2D eigenvalue weighted by Gasteiger charge is 2.59. The highest BCUT2D eigenvalue weighted by Crippen LogP contribution is 2.29. The summed E-state index contributed by atoms with van der Waals surface area (Å²) in [6, 6.07) is 3.79. The molecule has 0 saturated carbocycles. The number of nitrogens with zero attached hydrogens (tertiary/aromatic N) is 2. The molecular weight excluding hydrogens is 656 g/mol. The molecule has 0 fully saturated rings. The maximum Gasteiger partial charge on any atom is 0.496 e. The molecule has 0 radical (unpaired) electrons. The minimum atomic E-state index is -6.18. The van der Waals surface area contributed by atoms with E-state index in [1.807, 2.05) is 0 Å². The molecular formula is C25H4BF15N2O2. The van der Waals surface area contributed by atoms with Gasteiger partial charge in [-0.1, -0.05) is 0 Å². The van der Waals surface area contributed by atoms with Crippen LogP contribution in [-0.2, 0) is 0 Å². The molecule has 45 heavy (non-hydrogen) atoms. The largest absolute Gasteiger partial charge is 0.496 e. The summed E-state index contributed by atoms with van der Waals surface area (Å²) in [7, 11) is 0. The van der Waals surface area contributed by atoms with E-state index in [9.17, 15) is 49.6 Å². The second-order valence-electron chi connectivity index (χ2n) is 8.82. The fourth-order valence-electron chi connectivity index (χ4n) is 4.42. The molecule has 20 heteroatoms. The molecule has 234 valence electrons. The molecule has 0 aliphatic heterocycles. The predicted octanol–water partition coefficient (Wildman–Crippen LogP) is 6.03. The van der Waals surface area contributed by atoms with Gasteiger partial charge in [0.15, 0.2) is 52.4 Å². The summed E-state index contributed by atoms with van der Waals surface area (Å²) in [6.45, 7) is 0. The number of hydrogen-bond acceptors (Lipinski definition) is 2. The fraction of sp³-hybridized carbons (Fsp3) is 0. The Morgan fingerprint density at radius 2 is 0.711 bits per heavy atom. The van der Waals surface area contributed by atoms with E-state index in [0.717, 1.165) is 0 Å². The number of halogens is 15. The summed E-state index contributed by atoms with van der Waals surface area (Å²) in [5, 5.41) is 10.9. The maximum atomic E-state index is 15.3. The van der Waals surface area contributed by atoms with Gasteiger partial charge in [0.2, 0.25) is 6.07 Å². The van der Waals surface area contributed by atoms with Gasteiger partial charge in [-0.05, 0) is 28.5 Å². The number of nitro benzene ring substituents is 1. The molecule has 0 aliphatic carbocycles. The Morgan fingerprint density at radius 1 is 0.467 bits per heavy atom. The van der Waals surface area contributed by atoms with Crippen molar-refractivity contribution in [2.45, 2.75) is 0 Å². The van der Waals surface area contributed by atoms with Crippen molar-refractivity contribution in [1.29, 1.82) is 0 Å². The number of nitro groups is 1. The summed E-state index contributed by atoms with van der Waals surface area (Å²) in [4.78, 5) is 9.87. The van der Waals surface area contributed by atoms with Gasteiger partial charge >= 0.3 is 6.28 Å². The summed E-state index contributed by atoms with van der Waals surface area (Å²) in [5.41, 5.74) is -10.3. The van der Waals surface area contributed by atoms with Gasteiger partial charge in [-0.25, -0.2) is 65.9 Å². The molecule has 4 nitrogen and oxygen atoms in total. The molecule has 0 atom stereocenters. The van der Waals surface area contributed by atoms with E-state index in [1.165, 1.54) is 6.07 Å². The molecule has 0 aromatic heterocycles. The lowest BCUT2D eigenvalue weighted by molar-refractivity contribution is -0.384. The Kier molecular flexibility index (Phi) is 8.26. The first kappa shape index (κ1) is 32.7. The van der Waals surface area contributed by atoms with E-state index in [0.29, 0.717) is 24.3 Å². The lowest BCUT2D eigenvalue weighted by atomic mass is 9.24. The van der Waals surface area contributed by atoms with Crippen molar-refractivity contribution in [2.24, 2.45) is 0 Å². The van der Waals surface area contributed by atoms with Gasteiger partial charge in [0.05, 0.1) is 10.5 Å². The summed E-state index contributed by atoms with van der Waals surface area (Å²) in [5.74, 6) is -47.7. The van der Waals surface area contributed by atoms with Gasteiger partial charge in [0, 0.05) is 12.1 Å². The predicted molar refractivity (Wildman–Crippen MR) is 123 cm³/mol. The van der Waals surface area contributed by atoms with Crippen LogP contribution in [0.3, 0.4) is 0 Å². The van der Waals surface area contributed by atoms with Crippen LogP contribution in [0.5, 0.6) is 0 Å². The second kappa shape index (κ2) is 11.4. The van der Waals surface area contributed by atoms with Crippen LogP contribution in [0.15, 0.2) is 24.3 Å². The van der Waals surface area contributed by atoms with E-state index < -0.39 is 126 Å². The zero-order valence-electron chi connectivity index (χ0n) is 20.8. The van der Waals surface area contributed by atoms with Gasteiger partial charge in [-0.15, -0.1) is 0 Å². The Balaban J connectivity index is 2.45. The van der Waals surface area contributed by atoms with E-state index in [-0.39, 0.29) is 0 Å². The van der Waals surface area contributed by atoms with E-state index in [1.54, 1.807) is 0 Å². The topological polar surface area (TPSA) is 47.5 Å². The fourth-order valence-corrected chi connectivity index (χ4v) is 4.42. The molecule has 4 aromatic carbocycles. The van der Waals surface area contributed by atoms with Crippen LogP contribution in [0.2, 0.25) is 0 Å². The first-order valence-electron chi connectivity index (χ1n) is 11.3. The monoisotopic (exact) mass is 660 g/mol. The van der Waals surface area contributed by atoms with Gasteiger partial charge < -0.3 is 4.76 Å². The van der Waals surface area contributed by atoms with Crippen molar-refractivity contribution in [3.8, 4) is 6.07 Å². The third-order valence-corrected chi connectivity index (χ3v) is 6.45. The SMILES string of the molecule is O=[N+]([O-])c1ccc(C#[N+][B-](c2c(F)c(F)c(F)c(F)c2F)(c2c(F)c(F)c(F)c(F)c2F)c2c(F)c(F)c(F)c(F)c2F)cc1. The lowest BCUT2D eigenvalue weighted by Crippen LogP contribution is -2.71. The molecule has 0 bridgehead atoms. The first-order chi connectivity index (χ1) is 20.9. The van der Waals surface area contributed by atoms with Crippen LogP contribution in [0.1, 0.15) is 5.56 Å². The van der Waals surface area contributed by atoms with Crippen LogP contribution in [-0.4, -0.2) is 11.2 Å². The van der Waals surface area contributed by atoms with Crippen LogP contribution in [0, 0.1) is 103 Å². The van der Waals surface area contributed by atoms with E-state index in [4.69, 9.17) is 0 Å². The zero-order valence-corrected chi connectivity index (χ0v) is 20.8. The molecule has 4 rings (SSSR count). The molecule has 0 heterocycles. The van der Waals surface area contributed by atoms with Crippen molar-refractivity contribution in [3.05, 3.63) is 132 Å². The standard InChI is InChI=1S/C25H4BF15N2O2/c27-11-8(12(28)18(34)23(39)17(11)33)26(9-13(29)19(35)24(40)20(36)14(9)30,10-15(31)21(37)25(41)22(38)16(10)32)42-5-6-1-3-7(4-2-6)43(44)45/h1-4H. The molecule has 0 amide bonds. The quantitative estimate of drug-likeness (QED) is 0.0671. The Hall–Kier alpha value is -5.22. The third-order valence-electron chi connectivity index (χ3n) is 6.45. The van der Waals surface area contributed by atoms with Gasteiger partial charge in [-0.3, -0.25) is 10.1 Å². The molecule has 0 saturated heterocycles. The molecule has 4 aromatic rings. The van der Waals surface area contributed by atoms with Crippen LogP contribution < -0.4 is 16.4 Å². The highest BCUT2D eigenvalue weighted by atomic mass is 19.2. The van der Waals surface area contributed by atoms with Crippen molar-refractivity contribution < 1.29 is 70.8 Å². The first-order valence-corrected chi connectivity index (χ1v) is 11.3. The van der Waals surface area contributed by atoms with Crippen molar-refractivity contribution in [3.63, 3.8) is 0 Å². The van der Waals surface area contributed by atoms with Crippen molar-refractivity contribution in [2.75, 3.05) is 0 Å². The Morgan fingerprint density at radius 3 is 0.956 bits per heavy atom. The number of rotatable bonds is 4. The van der Waals surface area contributed by atoms with Gasteiger partial charge in [-0.2, -0.15) is 0 Å². The molecule has 0 spiro atoms. The minimum Gasteiger partial charge on any atom is -0.329 e. The maximum absolute atomic E-state index is 15.3. The van der Waals surface area contributed by atoms with E-state index >= 15 is 26.3 Å². The van der Waals surface area contributed by atoms with E-state index in [2.05, 4.69) is 4.76 Å². The summed E-state index contributed by atoms with van der Waals surface area (Å²) < 4.78 is 223. The zero-order chi connectivity index (χ0) is 33.9.